The molecule has 0 unspecified atom stereocenters. The van der Waals surface area contributed by atoms with Gasteiger partial charge in [0.15, 0.2) is 0 Å². The lowest BCUT2D eigenvalue weighted by atomic mass is 9.83. The number of piperidine rings is 1. The van der Waals surface area contributed by atoms with Crippen molar-refractivity contribution in [1.82, 2.24) is 9.80 Å². The van der Waals surface area contributed by atoms with Gasteiger partial charge in [-0.05, 0) is 62.9 Å². The molecule has 3 fully saturated rings. The van der Waals surface area contributed by atoms with E-state index in [1.54, 1.807) is 0 Å². The summed E-state index contributed by atoms with van der Waals surface area (Å²) in [5.74, 6) is 3.00. The van der Waals surface area contributed by atoms with E-state index >= 15 is 0 Å². The molecule has 3 heterocycles. The first-order valence-corrected chi connectivity index (χ1v) is 9.72. The number of likely N-dealkylation sites (tertiary alicyclic amines) is 2. The van der Waals surface area contributed by atoms with Gasteiger partial charge in [0.2, 0.25) is 5.91 Å². The zero-order valence-electron chi connectivity index (χ0n) is 15.0. The minimum absolute atomic E-state index is 0.232. The van der Waals surface area contributed by atoms with Gasteiger partial charge in [0.05, 0.1) is 0 Å². The Balaban J connectivity index is 1.44. The highest BCUT2D eigenvalue weighted by Gasteiger charge is 2.36. The highest BCUT2D eigenvalue weighted by molar-refractivity contribution is 5.79. The first-order valence-electron chi connectivity index (χ1n) is 9.72. The van der Waals surface area contributed by atoms with Crippen LogP contribution in [0.2, 0.25) is 0 Å². The Kier molecular flexibility index (Phi) is 5.97. The molecule has 0 saturated carbocycles. The molecule has 1 amide bonds. The maximum absolute atomic E-state index is 12.7. The van der Waals surface area contributed by atoms with E-state index < -0.39 is 0 Å². The van der Waals surface area contributed by atoms with Crippen molar-refractivity contribution in [3.63, 3.8) is 0 Å². The lowest BCUT2D eigenvalue weighted by molar-refractivity contribution is -0.137. The Labute approximate surface area is 141 Å². The van der Waals surface area contributed by atoms with Crippen LogP contribution in [0.3, 0.4) is 0 Å². The smallest absolute Gasteiger partial charge is 0.225 e. The van der Waals surface area contributed by atoms with Crippen molar-refractivity contribution in [1.29, 1.82) is 0 Å². The van der Waals surface area contributed by atoms with Crippen LogP contribution < -0.4 is 0 Å². The van der Waals surface area contributed by atoms with Gasteiger partial charge in [0, 0.05) is 38.8 Å². The molecule has 0 aromatic carbocycles. The number of nitrogens with zero attached hydrogens (tertiary/aromatic N) is 2. The minimum Gasteiger partial charge on any atom is -0.381 e. The van der Waals surface area contributed by atoms with E-state index in [4.69, 9.17) is 4.74 Å². The van der Waals surface area contributed by atoms with Crippen LogP contribution >= 0.6 is 0 Å². The van der Waals surface area contributed by atoms with Crippen LogP contribution in [0.25, 0.3) is 0 Å². The third-order valence-corrected chi connectivity index (χ3v) is 6.03. The van der Waals surface area contributed by atoms with Crippen molar-refractivity contribution in [2.75, 3.05) is 45.9 Å². The number of rotatable bonds is 4. The molecule has 0 bridgehead atoms. The second-order valence-electron chi connectivity index (χ2n) is 8.25. The largest absolute Gasteiger partial charge is 0.381 e. The molecule has 3 aliphatic rings. The zero-order chi connectivity index (χ0) is 16.2. The van der Waals surface area contributed by atoms with Crippen molar-refractivity contribution < 1.29 is 9.53 Å². The molecule has 3 rings (SSSR count). The fourth-order valence-corrected chi connectivity index (χ4v) is 4.70. The molecule has 0 N–H and O–H groups in total. The van der Waals surface area contributed by atoms with Crippen LogP contribution in [0.5, 0.6) is 0 Å². The number of carbonyl (C=O) groups excluding carboxylic acids is 1. The van der Waals surface area contributed by atoms with Gasteiger partial charge in [0.1, 0.15) is 0 Å². The van der Waals surface area contributed by atoms with Gasteiger partial charge in [-0.3, -0.25) is 4.79 Å². The van der Waals surface area contributed by atoms with Crippen LogP contribution in [0, 0.1) is 23.7 Å². The number of ether oxygens (including phenoxy) is 1. The average Bonchev–Trinajstić information content (AvgIpc) is 3.05. The highest BCUT2D eigenvalue weighted by Crippen LogP contribution is 2.33. The molecular weight excluding hydrogens is 288 g/mol. The fraction of sp³-hybridized carbons (Fsp3) is 0.947. The number of hydrogen-bond acceptors (Lipinski definition) is 3. The predicted molar refractivity (Wildman–Crippen MR) is 92.2 cm³/mol. The Morgan fingerprint density at radius 1 is 1.00 bits per heavy atom. The van der Waals surface area contributed by atoms with Crippen LogP contribution in [0.4, 0.5) is 0 Å². The molecule has 4 heteroatoms. The quantitative estimate of drug-likeness (QED) is 0.798. The van der Waals surface area contributed by atoms with E-state index in [0.29, 0.717) is 5.91 Å². The molecule has 23 heavy (non-hydrogen) atoms. The molecule has 0 radical (unpaired) electrons. The molecule has 4 nitrogen and oxygen atoms in total. The van der Waals surface area contributed by atoms with Crippen molar-refractivity contribution in [3.8, 4) is 0 Å². The Bertz CT molecular complexity index is 385. The summed E-state index contributed by atoms with van der Waals surface area (Å²) < 4.78 is 5.39. The first kappa shape index (κ1) is 17.2. The highest BCUT2D eigenvalue weighted by atomic mass is 16.5. The third-order valence-electron chi connectivity index (χ3n) is 6.03. The van der Waals surface area contributed by atoms with Gasteiger partial charge >= 0.3 is 0 Å². The summed E-state index contributed by atoms with van der Waals surface area (Å²) in [4.78, 5) is 17.5. The van der Waals surface area contributed by atoms with Crippen LogP contribution in [-0.4, -0.2) is 61.6 Å². The summed E-state index contributed by atoms with van der Waals surface area (Å²) in [7, 11) is 0. The van der Waals surface area contributed by atoms with Gasteiger partial charge in [-0.15, -0.1) is 0 Å². The van der Waals surface area contributed by atoms with E-state index in [0.717, 1.165) is 56.9 Å². The van der Waals surface area contributed by atoms with E-state index in [-0.39, 0.29) is 5.92 Å². The van der Waals surface area contributed by atoms with Crippen LogP contribution in [0.1, 0.15) is 46.0 Å². The van der Waals surface area contributed by atoms with Gasteiger partial charge in [-0.2, -0.15) is 0 Å². The molecule has 132 valence electrons. The molecule has 1 atom stereocenters. The van der Waals surface area contributed by atoms with E-state index in [9.17, 15) is 4.79 Å². The SMILES string of the molecule is CC(C)CN1CCC([C@H]2CCN(C(=O)C3CCOCC3)C2)CC1. The lowest BCUT2D eigenvalue weighted by Gasteiger charge is -2.35. The molecule has 3 aliphatic heterocycles. The first-order chi connectivity index (χ1) is 11.1. The summed E-state index contributed by atoms with van der Waals surface area (Å²) in [6.07, 6.45) is 5.73. The zero-order valence-corrected chi connectivity index (χ0v) is 15.0. The van der Waals surface area contributed by atoms with E-state index in [2.05, 4.69) is 23.6 Å². The molecule has 0 aliphatic carbocycles. The molecule has 0 aromatic heterocycles. The minimum atomic E-state index is 0.232. The Morgan fingerprint density at radius 2 is 1.65 bits per heavy atom. The van der Waals surface area contributed by atoms with Crippen molar-refractivity contribution in [3.05, 3.63) is 0 Å². The third kappa shape index (κ3) is 4.48. The monoisotopic (exact) mass is 322 g/mol. The van der Waals surface area contributed by atoms with Crippen molar-refractivity contribution in [2.45, 2.75) is 46.0 Å². The second-order valence-corrected chi connectivity index (χ2v) is 8.25. The predicted octanol–water partition coefficient (Wildman–Crippen LogP) is 2.63. The van der Waals surface area contributed by atoms with E-state index in [1.165, 1.54) is 38.9 Å². The summed E-state index contributed by atoms with van der Waals surface area (Å²) in [5, 5.41) is 0. The van der Waals surface area contributed by atoms with Crippen molar-refractivity contribution in [2.24, 2.45) is 23.7 Å². The van der Waals surface area contributed by atoms with Gasteiger partial charge < -0.3 is 14.5 Å². The molecule has 0 aromatic rings. The van der Waals surface area contributed by atoms with Gasteiger partial charge in [-0.25, -0.2) is 0 Å². The molecular formula is C19H34N2O2. The van der Waals surface area contributed by atoms with Gasteiger partial charge in [-0.1, -0.05) is 13.8 Å². The maximum atomic E-state index is 12.7. The molecule has 3 saturated heterocycles. The number of hydrogen-bond donors (Lipinski definition) is 0. The summed E-state index contributed by atoms with van der Waals surface area (Å²) in [6.45, 7) is 11.9. The number of carbonyl (C=O) groups is 1. The summed E-state index contributed by atoms with van der Waals surface area (Å²) >= 11 is 0. The van der Waals surface area contributed by atoms with Gasteiger partial charge in [0.25, 0.3) is 0 Å². The van der Waals surface area contributed by atoms with Crippen LogP contribution in [0.15, 0.2) is 0 Å². The second kappa shape index (κ2) is 7.98. The standard InChI is InChI=1S/C19H34N2O2/c1-15(2)13-20-8-3-16(4-9-20)18-5-10-21(14-18)19(22)17-6-11-23-12-7-17/h15-18H,3-14H2,1-2H3/t18-/m0/s1. The Hall–Kier alpha value is -0.610. The lowest BCUT2D eigenvalue weighted by Crippen LogP contribution is -2.40. The number of amides is 1. The summed E-state index contributed by atoms with van der Waals surface area (Å²) in [6, 6.07) is 0. The van der Waals surface area contributed by atoms with E-state index in [1.807, 2.05) is 0 Å². The summed E-state index contributed by atoms with van der Waals surface area (Å²) in [5.41, 5.74) is 0. The maximum Gasteiger partial charge on any atom is 0.225 e. The normalized spacial score (nSPS) is 28.7. The average molecular weight is 322 g/mol. The van der Waals surface area contributed by atoms with Crippen molar-refractivity contribution >= 4 is 5.91 Å². The fourth-order valence-electron chi connectivity index (χ4n) is 4.70. The molecule has 0 spiro atoms. The van der Waals surface area contributed by atoms with Crippen LogP contribution in [-0.2, 0) is 9.53 Å². The Morgan fingerprint density at radius 3 is 2.30 bits per heavy atom. The topological polar surface area (TPSA) is 32.8 Å².